The molecule has 2 nitrogen and oxygen atoms in total. The van der Waals surface area contributed by atoms with E-state index in [0.29, 0.717) is 0 Å². The highest BCUT2D eigenvalue weighted by molar-refractivity contribution is 6.18. The molecule has 0 aromatic heterocycles. The fourth-order valence-corrected chi connectivity index (χ4v) is 7.82. The van der Waals surface area contributed by atoms with Crippen molar-refractivity contribution >= 4 is 32.3 Å². The largest absolute Gasteiger partial charge is 0.289 e. The first-order valence-electron chi connectivity index (χ1n) is 19.2. The Morgan fingerprint density at radius 2 is 0.935 bits per heavy atom. The van der Waals surface area contributed by atoms with Gasteiger partial charge in [-0.2, -0.15) is 0 Å². The molecule has 0 atom stereocenters. The number of benzene rings is 3. The van der Waals surface area contributed by atoms with Gasteiger partial charge in [-0.15, -0.1) is 0 Å². The molecule has 3 aromatic carbocycles. The van der Waals surface area contributed by atoms with E-state index in [9.17, 15) is 9.59 Å². The highest BCUT2D eigenvalue weighted by Gasteiger charge is 2.21. The summed E-state index contributed by atoms with van der Waals surface area (Å²) in [5.74, 6) is 0. The summed E-state index contributed by atoms with van der Waals surface area (Å²) in [7, 11) is 0. The van der Waals surface area contributed by atoms with Crippen LogP contribution in [0.15, 0.2) is 58.1 Å². The van der Waals surface area contributed by atoms with Crippen LogP contribution in [-0.4, -0.2) is 0 Å². The van der Waals surface area contributed by atoms with Crippen LogP contribution >= 0.6 is 0 Å². The molecule has 0 saturated carbocycles. The van der Waals surface area contributed by atoms with Gasteiger partial charge in [0.15, 0.2) is 10.9 Å². The van der Waals surface area contributed by atoms with Gasteiger partial charge in [0.25, 0.3) is 0 Å². The van der Waals surface area contributed by atoms with Crippen LogP contribution in [0.4, 0.5) is 0 Å². The molecule has 3 aromatic rings. The van der Waals surface area contributed by atoms with Crippen molar-refractivity contribution in [2.75, 3.05) is 0 Å². The molecule has 0 saturated heterocycles. The molecular formula is C44H58O2. The molecule has 0 amide bonds. The van der Waals surface area contributed by atoms with Gasteiger partial charge in [0.2, 0.25) is 0 Å². The van der Waals surface area contributed by atoms with Crippen LogP contribution in [0.1, 0.15) is 153 Å². The maximum Gasteiger partial charge on any atom is 0.194 e. The van der Waals surface area contributed by atoms with E-state index in [0.717, 1.165) is 74.7 Å². The van der Waals surface area contributed by atoms with Gasteiger partial charge in [-0.1, -0.05) is 154 Å². The van der Waals surface area contributed by atoms with E-state index in [1.165, 1.54) is 121 Å². The normalized spacial score (nSPS) is 12.0. The Hall–Kier alpha value is -3.00. The van der Waals surface area contributed by atoms with Crippen molar-refractivity contribution in [3.05, 3.63) is 80.1 Å². The van der Waals surface area contributed by atoms with Gasteiger partial charge < -0.3 is 0 Å². The number of hydrogen-bond acceptors (Lipinski definition) is 2. The van der Waals surface area contributed by atoms with Gasteiger partial charge in [0, 0.05) is 21.9 Å². The van der Waals surface area contributed by atoms with Crippen LogP contribution in [0, 0.1) is 0 Å². The van der Waals surface area contributed by atoms with Crippen molar-refractivity contribution in [2.45, 2.75) is 155 Å². The summed E-state index contributed by atoms with van der Waals surface area (Å²) in [4.78, 5) is 27.4. The Morgan fingerprint density at radius 1 is 0.413 bits per heavy atom. The zero-order valence-corrected chi connectivity index (χ0v) is 29.0. The Balaban J connectivity index is 1.30. The number of aryl methyl sites for hydroxylation is 1. The lowest BCUT2D eigenvalue weighted by Crippen LogP contribution is -2.15. The summed E-state index contributed by atoms with van der Waals surface area (Å²) in [6.45, 7) is 4.56. The SMILES string of the molecule is CCCCCCCCCCCCc1cc2c3cc4c(=O)c5ccccc5c4cc3cc-2c(=O)c1CCCCCCCCCCCC. The smallest absolute Gasteiger partial charge is 0.194 e. The minimum Gasteiger partial charge on any atom is -0.289 e. The number of unbranched alkanes of at least 4 members (excludes halogenated alkanes) is 18. The predicted octanol–water partition coefficient (Wildman–Crippen LogP) is 12.8. The van der Waals surface area contributed by atoms with Gasteiger partial charge in [-0.05, 0) is 82.6 Å². The molecule has 0 N–H and O–H groups in total. The van der Waals surface area contributed by atoms with Gasteiger partial charge in [0.1, 0.15) is 0 Å². The van der Waals surface area contributed by atoms with Gasteiger partial charge in [-0.25, -0.2) is 0 Å². The van der Waals surface area contributed by atoms with Gasteiger partial charge >= 0.3 is 0 Å². The molecule has 2 aliphatic rings. The molecule has 0 fully saturated rings. The van der Waals surface area contributed by atoms with Crippen molar-refractivity contribution in [3.8, 4) is 11.1 Å². The van der Waals surface area contributed by atoms with E-state index in [2.05, 4.69) is 38.1 Å². The summed E-state index contributed by atoms with van der Waals surface area (Å²) >= 11 is 0. The first-order valence-corrected chi connectivity index (χ1v) is 19.2. The monoisotopic (exact) mass is 618 g/mol. The molecule has 0 spiro atoms. The molecule has 2 heteroatoms. The van der Waals surface area contributed by atoms with Crippen LogP contribution in [0.2, 0.25) is 0 Å². The molecule has 0 aliphatic heterocycles. The van der Waals surface area contributed by atoms with E-state index in [1.54, 1.807) is 0 Å². The maximum absolute atomic E-state index is 14.1. The Bertz CT molecular complexity index is 1720. The van der Waals surface area contributed by atoms with E-state index >= 15 is 0 Å². The Morgan fingerprint density at radius 3 is 1.52 bits per heavy atom. The first kappa shape index (κ1) is 34.3. The topological polar surface area (TPSA) is 34.1 Å². The average Bonchev–Trinajstić information content (AvgIpc) is 3.57. The second-order valence-electron chi connectivity index (χ2n) is 14.2. The quantitative estimate of drug-likeness (QED) is 0.0723. The summed E-state index contributed by atoms with van der Waals surface area (Å²) < 4.78 is 0. The van der Waals surface area contributed by atoms with Crippen LogP contribution in [0.25, 0.3) is 43.4 Å². The lowest BCUT2D eigenvalue weighted by Gasteiger charge is -2.13. The second-order valence-corrected chi connectivity index (χ2v) is 14.2. The van der Waals surface area contributed by atoms with Crippen molar-refractivity contribution in [1.82, 2.24) is 0 Å². The van der Waals surface area contributed by atoms with Crippen LogP contribution in [0.3, 0.4) is 0 Å². The summed E-state index contributed by atoms with van der Waals surface area (Å²) in [6, 6.07) is 16.6. The lowest BCUT2D eigenvalue weighted by atomic mass is 9.90. The minimum atomic E-state index is 0.104. The van der Waals surface area contributed by atoms with E-state index in [4.69, 9.17) is 0 Å². The summed E-state index contributed by atoms with van der Waals surface area (Å²) in [5.41, 5.74) is 4.54. The van der Waals surface area contributed by atoms with E-state index in [-0.39, 0.29) is 10.9 Å². The van der Waals surface area contributed by atoms with Crippen molar-refractivity contribution in [1.29, 1.82) is 0 Å². The standard InChI is InChI=1S/C44H58O2/c1-3-5-7-9-11-13-15-17-19-21-25-33-29-40-38-32-42-39(36-27-23-24-28-37(36)44(42)46)30-34(38)31-41(40)43(45)35(33)26-22-20-18-16-14-12-10-8-6-4-2/h23-24,27-32H,3-22,25-26H2,1-2H3. The Labute approximate surface area is 278 Å². The number of rotatable bonds is 22. The predicted molar refractivity (Wildman–Crippen MR) is 202 cm³/mol. The number of hydrogen-bond donors (Lipinski definition) is 0. The van der Waals surface area contributed by atoms with Crippen molar-refractivity contribution < 1.29 is 0 Å². The molecule has 2 aliphatic carbocycles. The number of fused-ring (bicyclic) bond motifs is 6. The molecule has 0 heterocycles. The van der Waals surface area contributed by atoms with E-state index < -0.39 is 0 Å². The van der Waals surface area contributed by atoms with Crippen molar-refractivity contribution in [2.24, 2.45) is 0 Å². The zero-order valence-electron chi connectivity index (χ0n) is 29.0. The maximum atomic E-state index is 14.1. The fourth-order valence-electron chi connectivity index (χ4n) is 7.82. The third-order valence-corrected chi connectivity index (χ3v) is 10.6. The molecule has 46 heavy (non-hydrogen) atoms. The zero-order chi connectivity index (χ0) is 32.1. The molecule has 0 unspecified atom stereocenters. The Kier molecular flexibility index (Phi) is 13.3. The van der Waals surface area contributed by atoms with Gasteiger partial charge in [-0.3, -0.25) is 9.59 Å². The molecule has 5 rings (SSSR count). The summed E-state index contributed by atoms with van der Waals surface area (Å²) in [6.07, 6.45) is 28.2. The highest BCUT2D eigenvalue weighted by Crippen LogP contribution is 2.38. The second kappa shape index (κ2) is 17.8. The van der Waals surface area contributed by atoms with E-state index in [1.807, 2.05) is 24.3 Å². The van der Waals surface area contributed by atoms with Crippen LogP contribution in [0.5, 0.6) is 0 Å². The van der Waals surface area contributed by atoms with Crippen LogP contribution in [-0.2, 0) is 12.8 Å². The molecule has 0 radical (unpaired) electrons. The van der Waals surface area contributed by atoms with Crippen molar-refractivity contribution in [3.63, 3.8) is 0 Å². The molecule has 246 valence electrons. The third kappa shape index (κ3) is 8.47. The average molecular weight is 619 g/mol. The lowest BCUT2D eigenvalue weighted by molar-refractivity contribution is 0.553. The summed E-state index contributed by atoms with van der Waals surface area (Å²) in [5, 5.41) is 5.73. The molecular weight excluding hydrogens is 560 g/mol. The van der Waals surface area contributed by atoms with Gasteiger partial charge in [0.05, 0.1) is 0 Å². The highest BCUT2D eigenvalue weighted by atomic mass is 16.1. The van der Waals surface area contributed by atoms with Crippen LogP contribution < -0.4 is 10.9 Å². The minimum absolute atomic E-state index is 0.104. The third-order valence-electron chi connectivity index (χ3n) is 10.6. The first-order chi connectivity index (χ1) is 22.6. The fraction of sp³-hybridized carbons (Fsp3) is 0.545. The molecule has 0 bridgehead atoms.